The van der Waals surface area contributed by atoms with Crippen molar-refractivity contribution in [3.8, 4) is 0 Å². The Balaban J connectivity index is 2.15. The fraction of sp³-hybridized carbons (Fsp3) is 0.600. The highest BCUT2D eigenvalue weighted by atomic mass is 16.3. The van der Waals surface area contributed by atoms with Crippen molar-refractivity contribution in [2.75, 3.05) is 6.54 Å². The quantitative estimate of drug-likeness (QED) is 0.610. The maximum atomic E-state index is 11.2. The summed E-state index contributed by atoms with van der Waals surface area (Å²) in [6, 6.07) is 0. The summed E-state index contributed by atoms with van der Waals surface area (Å²) in [5, 5.41) is 12.0. The van der Waals surface area contributed by atoms with Gasteiger partial charge in [0.05, 0.1) is 0 Å². The van der Waals surface area contributed by atoms with Crippen molar-refractivity contribution < 1.29 is 9.90 Å². The van der Waals surface area contributed by atoms with Gasteiger partial charge in [-0.1, -0.05) is 0 Å². The fourth-order valence-corrected chi connectivity index (χ4v) is 1.11. The molecule has 5 nitrogen and oxygen atoms in total. The molecule has 0 bridgehead atoms. The molecule has 15 heavy (non-hydrogen) atoms. The first-order valence-corrected chi connectivity index (χ1v) is 4.99. The predicted octanol–water partition coefficient (Wildman–Crippen LogP) is 0.229. The second-order valence-electron chi connectivity index (χ2n) is 3.95. The summed E-state index contributed by atoms with van der Waals surface area (Å²) in [5.41, 5.74) is -1.30. The topological polar surface area (TPSA) is 78.0 Å². The number of amides is 1. The number of aryl methyl sites for hydroxylation is 1. The van der Waals surface area contributed by atoms with Gasteiger partial charge in [-0.3, -0.25) is 4.79 Å². The van der Waals surface area contributed by atoms with Crippen LogP contribution in [0.4, 0.5) is 0 Å². The van der Waals surface area contributed by atoms with Gasteiger partial charge in [-0.2, -0.15) is 0 Å². The van der Waals surface area contributed by atoms with E-state index in [0.29, 0.717) is 6.54 Å². The lowest BCUT2D eigenvalue weighted by molar-refractivity contribution is -0.136. The maximum Gasteiger partial charge on any atom is 0.251 e. The van der Waals surface area contributed by atoms with Gasteiger partial charge in [0, 0.05) is 25.4 Å². The summed E-state index contributed by atoms with van der Waals surface area (Å²) in [4.78, 5) is 18.3. The third-order valence-electron chi connectivity index (χ3n) is 1.99. The lowest BCUT2D eigenvalue weighted by Crippen LogP contribution is -2.42. The van der Waals surface area contributed by atoms with E-state index in [-0.39, 0.29) is 5.91 Å². The number of aromatic amines is 1. The first-order chi connectivity index (χ1) is 7.00. The van der Waals surface area contributed by atoms with Crippen molar-refractivity contribution in [1.29, 1.82) is 0 Å². The molecule has 0 aliphatic rings. The summed E-state index contributed by atoms with van der Waals surface area (Å²) in [6.45, 7) is 3.48. The number of nitrogens with zero attached hydrogens (tertiary/aromatic N) is 1. The van der Waals surface area contributed by atoms with E-state index < -0.39 is 5.60 Å². The molecule has 0 aromatic carbocycles. The van der Waals surface area contributed by atoms with E-state index in [2.05, 4.69) is 15.3 Å². The van der Waals surface area contributed by atoms with E-state index in [1.807, 2.05) is 0 Å². The monoisotopic (exact) mass is 211 g/mol. The van der Waals surface area contributed by atoms with Crippen LogP contribution in [0.3, 0.4) is 0 Å². The van der Waals surface area contributed by atoms with Gasteiger partial charge in [0.15, 0.2) is 0 Å². The van der Waals surface area contributed by atoms with Crippen LogP contribution in [0.25, 0.3) is 0 Å². The minimum absolute atomic E-state index is 0.345. The summed E-state index contributed by atoms with van der Waals surface area (Å²) in [7, 11) is 0. The van der Waals surface area contributed by atoms with Crippen molar-refractivity contribution in [3.05, 3.63) is 18.2 Å². The molecule has 0 unspecified atom stereocenters. The third-order valence-corrected chi connectivity index (χ3v) is 1.99. The van der Waals surface area contributed by atoms with Gasteiger partial charge in [-0.25, -0.2) is 4.98 Å². The molecule has 3 N–H and O–H groups in total. The molecule has 5 heteroatoms. The molecular formula is C10H17N3O2. The number of aliphatic hydroxyl groups is 1. The van der Waals surface area contributed by atoms with E-state index in [1.165, 1.54) is 13.8 Å². The minimum Gasteiger partial charge on any atom is -0.381 e. The number of carbonyl (C=O) groups excluding carboxylic acids is 1. The van der Waals surface area contributed by atoms with E-state index in [1.54, 1.807) is 12.4 Å². The average Bonchev–Trinajstić information content (AvgIpc) is 2.63. The number of hydrogen-bond donors (Lipinski definition) is 3. The lowest BCUT2D eigenvalue weighted by atomic mass is 10.1. The number of nitrogens with one attached hydrogen (secondary N) is 2. The predicted molar refractivity (Wildman–Crippen MR) is 56.2 cm³/mol. The Morgan fingerprint density at radius 2 is 2.40 bits per heavy atom. The van der Waals surface area contributed by atoms with Crippen LogP contribution in [-0.4, -0.2) is 33.1 Å². The van der Waals surface area contributed by atoms with Crippen molar-refractivity contribution in [3.63, 3.8) is 0 Å². The minimum atomic E-state index is -1.30. The molecule has 1 heterocycles. The Bertz CT molecular complexity index is 301. The molecule has 0 saturated heterocycles. The largest absolute Gasteiger partial charge is 0.381 e. The molecular weight excluding hydrogens is 194 g/mol. The average molecular weight is 211 g/mol. The van der Waals surface area contributed by atoms with Gasteiger partial charge < -0.3 is 15.4 Å². The van der Waals surface area contributed by atoms with E-state index in [0.717, 1.165) is 18.7 Å². The van der Waals surface area contributed by atoms with Crippen molar-refractivity contribution in [1.82, 2.24) is 15.3 Å². The van der Waals surface area contributed by atoms with Crippen molar-refractivity contribution in [2.24, 2.45) is 0 Å². The zero-order valence-electron chi connectivity index (χ0n) is 9.08. The summed E-state index contributed by atoms with van der Waals surface area (Å²) in [5.74, 6) is 0.564. The highest BCUT2D eigenvalue weighted by Gasteiger charge is 2.22. The summed E-state index contributed by atoms with van der Waals surface area (Å²) >= 11 is 0. The normalized spacial score (nSPS) is 11.4. The molecule has 0 spiro atoms. The molecule has 0 aliphatic carbocycles. The van der Waals surface area contributed by atoms with Crippen molar-refractivity contribution in [2.45, 2.75) is 32.3 Å². The van der Waals surface area contributed by atoms with Crippen LogP contribution in [0.2, 0.25) is 0 Å². The lowest BCUT2D eigenvalue weighted by Gasteiger charge is -2.16. The molecule has 1 aromatic heterocycles. The number of carbonyl (C=O) groups is 1. The number of hydrogen-bond acceptors (Lipinski definition) is 3. The van der Waals surface area contributed by atoms with Crippen LogP contribution in [0, 0.1) is 0 Å². The number of aromatic nitrogens is 2. The standard InChI is InChI=1S/C10H17N3O2/c1-10(2,15)9(14)13-5-3-4-8-11-6-7-12-8/h6-7,15H,3-5H2,1-2H3,(H,11,12)(H,13,14). The van der Waals surface area contributed by atoms with Crippen LogP contribution < -0.4 is 5.32 Å². The Morgan fingerprint density at radius 1 is 1.67 bits per heavy atom. The second kappa shape index (κ2) is 4.93. The molecule has 1 aromatic rings. The molecule has 84 valence electrons. The Morgan fingerprint density at radius 3 is 2.93 bits per heavy atom. The Hall–Kier alpha value is -1.36. The summed E-state index contributed by atoms with van der Waals surface area (Å²) in [6.07, 6.45) is 5.06. The SMILES string of the molecule is CC(C)(O)C(=O)NCCCc1ncc[nH]1. The smallest absolute Gasteiger partial charge is 0.251 e. The van der Waals surface area contributed by atoms with Crippen LogP contribution in [0.5, 0.6) is 0 Å². The third kappa shape index (κ3) is 4.12. The van der Waals surface area contributed by atoms with Gasteiger partial charge in [-0.05, 0) is 20.3 Å². The van der Waals surface area contributed by atoms with E-state index >= 15 is 0 Å². The first-order valence-electron chi connectivity index (χ1n) is 4.99. The van der Waals surface area contributed by atoms with Crippen LogP contribution in [0.1, 0.15) is 26.1 Å². The van der Waals surface area contributed by atoms with Crippen LogP contribution in [-0.2, 0) is 11.2 Å². The van der Waals surface area contributed by atoms with Gasteiger partial charge in [0.1, 0.15) is 11.4 Å². The van der Waals surface area contributed by atoms with E-state index in [9.17, 15) is 9.90 Å². The Labute approximate surface area is 88.9 Å². The van der Waals surface area contributed by atoms with E-state index in [4.69, 9.17) is 0 Å². The number of imidazole rings is 1. The first kappa shape index (κ1) is 11.7. The Kier molecular flexibility index (Phi) is 3.85. The highest BCUT2D eigenvalue weighted by molar-refractivity contribution is 5.83. The summed E-state index contributed by atoms with van der Waals surface area (Å²) < 4.78 is 0. The zero-order chi connectivity index (χ0) is 11.3. The molecule has 0 atom stereocenters. The maximum absolute atomic E-state index is 11.2. The highest BCUT2D eigenvalue weighted by Crippen LogP contribution is 2.00. The fourth-order valence-electron chi connectivity index (χ4n) is 1.11. The van der Waals surface area contributed by atoms with Crippen LogP contribution in [0.15, 0.2) is 12.4 Å². The van der Waals surface area contributed by atoms with Gasteiger partial charge >= 0.3 is 0 Å². The number of H-pyrrole nitrogens is 1. The molecule has 0 saturated carbocycles. The molecule has 0 aliphatic heterocycles. The molecule has 0 fully saturated rings. The number of rotatable bonds is 5. The van der Waals surface area contributed by atoms with Crippen molar-refractivity contribution >= 4 is 5.91 Å². The van der Waals surface area contributed by atoms with Crippen LogP contribution >= 0.6 is 0 Å². The van der Waals surface area contributed by atoms with Gasteiger partial charge in [-0.15, -0.1) is 0 Å². The van der Waals surface area contributed by atoms with Gasteiger partial charge in [0.2, 0.25) is 0 Å². The van der Waals surface area contributed by atoms with Gasteiger partial charge in [0.25, 0.3) is 5.91 Å². The molecule has 1 rings (SSSR count). The second-order valence-corrected chi connectivity index (χ2v) is 3.95. The zero-order valence-corrected chi connectivity index (χ0v) is 9.08. The molecule has 0 radical (unpaired) electrons. The molecule has 1 amide bonds.